The van der Waals surface area contributed by atoms with Crippen molar-refractivity contribution in [1.82, 2.24) is 0 Å². The van der Waals surface area contributed by atoms with Gasteiger partial charge in [-0.1, -0.05) is 11.6 Å². The second-order valence-electron chi connectivity index (χ2n) is 3.29. The second kappa shape index (κ2) is 4.58. The summed E-state index contributed by atoms with van der Waals surface area (Å²) in [5, 5.41) is 0.444. The molecule has 0 aliphatic rings. The van der Waals surface area contributed by atoms with Gasteiger partial charge >= 0.3 is 0 Å². The van der Waals surface area contributed by atoms with Gasteiger partial charge < -0.3 is 5.73 Å². The molecule has 0 aliphatic heterocycles. The topological polar surface area (TPSA) is 26.0 Å². The molecule has 2 N–H and O–H groups in total. The summed E-state index contributed by atoms with van der Waals surface area (Å²) in [6.45, 7) is 1.93. The molecule has 0 radical (unpaired) electrons. The van der Waals surface area contributed by atoms with Crippen LogP contribution < -0.4 is 5.73 Å². The third-order valence-corrected chi connectivity index (χ3v) is 2.03. The van der Waals surface area contributed by atoms with Crippen molar-refractivity contribution in [2.75, 3.05) is 0 Å². The van der Waals surface area contributed by atoms with Gasteiger partial charge in [0.15, 0.2) is 0 Å². The van der Waals surface area contributed by atoms with Crippen molar-refractivity contribution < 1.29 is 4.39 Å². The highest BCUT2D eigenvalue weighted by Gasteiger charge is 2.00. The molecule has 0 aliphatic carbocycles. The van der Waals surface area contributed by atoms with Crippen LogP contribution in [0.15, 0.2) is 18.2 Å². The maximum atomic E-state index is 12.8. The van der Waals surface area contributed by atoms with Crippen molar-refractivity contribution in [3.05, 3.63) is 34.6 Å². The largest absolute Gasteiger partial charge is 0.328 e. The summed E-state index contributed by atoms with van der Waals surface area (Å²) in [5.41, 5.74) is 6.49. The van der Waals surface area contributed by atoms with Gasteiger partial charge in [-0.3, -0.25) is 0 Å². The van der Waals surface area contributed by atoms with E-state index >= 15 is 0 Å². The third-order valence-electron chi connectivity index (χ3n) is 1.81. The van der Waals surface area contributed by atoms with E-state index in [2.05, 4.69) is 0 Å². The number of hydrogen-bond donors (Lipinski definition) is 1. The van der Waals surface area contributed by atoms with Gasteiger partial charge in [-0.15, -0.1) is 0 Å². The van der Waals surface area contributed by atoms with Crippen molar-refractivity contribution in [2.45, 2.75) is 25.8 Å². The van der Waals surface area contributed by atoms with E-state index in [1.807, 2.05) is 6.92 Å². The molecule has 0 spiro atoms. The van der Waals surface area contributed by atoms with E-state index in [-0.39, 0.29) is 11.9 Å². The monoisotopic (exact) mass is 201 g/mol. The number of rotatable bonds is 3. The minimum absolute atomic E-state index is 0.141. The molecule has 0 fully saturated rings. The van der Waals surface area contributed by atoms with Crippen molar-refractivity contribution in [2.24, 2.45) is 5.73 Å². The van der Waals surface area contributed by atoms with Crippen molar-refractivity contribution in [3.63, 3.8) is 0 Å². The number of hydrogen-bond acceptors (Lipinski definition) is 1. The predicted octanol–water partition coefficient (Wildman–Crippen LogP) is 2.76. The summed E-state index contributed by atoms with van der Waals surface area (Å²) in [5.74, 6) is -0.285. The summed E-state index contributed by atoms with van der Waals surface area (Å²) >= 11 is 5.69. The van der Waals surface area contributed by atoms with Crippen LogP contribution in [0.25, 0.3) is 0 Å². The molecule has 1 unspecified atom stereocenters. The zero-order valence-corrected chi connectivity index (χ0v) is 8.31. The Morgan fingerprint density at radius 2 is 2.15 bits per heavy atom. The van der Waals surface area contributed by atoms with Crippen LogP contribution in [0.2, 0.25) is 5.02 Å². The number of halogens is 2. The lowest BCUT2D eigenvalue weighted by atomic mass is 10.1. The summed E-state index contributed by atoms with van der Waals surface area (Å²) in [6.07, 6.45) is 1.62. The van der Waals surface area contributed by atoms with Crippen molar-refractivity contribution in [3.8, 4) is 0 Å². The summed E-state index contributed by atoms with van der Waals surface area (Å²) < 4.78 is 12.8. The molecular weight excluding hydrogens is 189 g/mol. The highest BCUT2D eigenvalue weighted by Crippen LogP contribution is 2.15. The van der Waals surface area contributed by atoms with Crippen LogP contribution >= 0.6 is 11.6 Å². The average molecular weight is 202 g/mol. The lowest BCUT2D eigenvalue weighted by Crippen LogP contribution is -2.15. The van der Waals surface area contributed by atoms with Gasteiger partial charge in [-0.05, 0) is 43.5 Å². The minimum atomic E-state index is -0.285. The molecule has 1 aromatic rings. The number of benzene rings is 1. The first-order chi connectivity index (χ1) is 6.08. The SMILES string of the molecule is CC(N)CCc1cc(F)cc(Cl)c1. The fourth-order valence-electron chi connectivity index (χ4n) is 1.15. The molecule has 1 nitrogen and oxygen atoms in total. The third kappa shape index (κ3) is 3.75. The molecule has 0 heterocycles. The maximum absolute atomic E-state index is 12.8. The zero-order chi connectivity index (χ0) is 9.84. The highest BCUT2D eigenvalue weighted by atomic mass is 35.5. The lowest BCUT2D eigenvalue weighted by Gasteiger charge is -2.05. The average Bonchev–Trinajstić information content (AvgIpc) is 1.99. The zero-order valence-electron chi connectivity index (χ0n) is 7.56. The smallest absolute Gasteiger partial charge is 0.124 e. The Morgan fingerprint density at radius 3 is 2.69 bits per heavy atom. The normalized spacial score (nSPS) is 12.9. The molecule has 0 bridgehead atoms. The highest BCUT2D eigenvalue weighted by molar-refractivity contribution is 6.30. The van der Waals surface area contributed by atoms with E-state index in [1.165, 1.54) is 12.1 Å². The van der Waals surface area contributed by atoms with Gasteiger partial charge in [0.2, 0.25) is 0 Å². The molecular formula is C10H13ClFN. The van der Waals surface area contributed by atoms with Gasteiger partial charge in [-0.25, -0.2) is 4.39 Å². The van der Waals surface area contributed by atoms with E-state index in [1.54, 1.807) is 6.07 Å². The molecule has 3 heteroatoms. The Kier molecular flexibility index (Phi) is 3.70. The maximum Gasteiger partial charge on any atom is 0.124 e. The molecule has 1 aromatic carbocycles. The van der Waals surface area contributed by atoms with Crippen LogP contribution in [-0.2, 0) is 6.42 Å². The Balaban J connectivity index is 2.66. The van der Waals surface area contributed by atoms with E-state index in [0.29, 0.717) is 5.02 Å². The van der Waals surface area contributed by atoms with Gasteiger partial charge in [-0.2, -0.15) is 0 Å². The molecule has 1 atom stereocenters. The lowest BCUT2D eigenvalue weighted by molar-refractivity contribution is 0.620. The van der Waals surface area contributed by atoms with Gasteiger partial charge in [0.1, 0.15) is 5.82 Å². The summed E-state index contributed by atoms with van der Waals surface area (Å²) in [6, 6.07) is 4.71. The van der Waals surface area contributed by atoms with Crippen molar-refractivity contribution in [1.29, 1.82) is 0 Å². The van der Waals surface area contributed by atoms with E-state index in [0.717, 1.165) is 18.4 Å². The van der Waals surface area contributed by atoms with Crippen LogP contribution in [0.4, 0.5) is 4.39 Å². The Morgan fingerprint density at radius 1 is 1.46 bits per heavy atom. The molecule has 0 amide bonds. The van der Waals surface area contributed by atoms with Crippen LogP contribution in [0.5, 0.6) is 0 Å². The molecule has 0 aromatic heterocycles. The van der Waals surface area contributed by atoms with E-state index in [4.69, 9.17) is 17.3 Å². The first-order valence-corrected chi connectivity index (χ1v) is 4.66. The number of aryl methyl sites for hydroxylation is 1. The molecule has 0 saturated heterocycles. The quantitative estimate of drug-likeness (QED) is 0.800. The first-order valence-electron chi connectivity index (χ1n) is 4.28. The second-order valence-corrected chi connectivity index (χ2v) is 3.73. The first kappa shape index (κ1) is 10.5. The van der Waals surface area contributed by atoms with Gasteiger partial charge in [0, 0.05) is 11.1 Å². The van der Waals surface area contributed by atoms with Crippen molar-refractivity contribution >= 4 is 11.6 Å². The Hall–Kier alpha value is -0.600. The molecule has 1 rings (SSSR count). The predicted molar refractivity (Wildman–Crippen MR) is 53.4 cm³/mol. The van der Waals surface area contributed by atoms with Crippen LogP contribution in [0.3, 0.4) is 0 Å². The standard InChI is InChI=1S/C10H13ClFN/c1-7(13)2-3-8-4-9(11)6-10(12)5-8/h4-7H,2-3,13H2,1H3. The van der Waals surface area contributed by atoms with E-state index < -0.39 is 0 Å². The Bertz CT molecular complexity index is 266. The molecule has 0 saturated carbocycles. The van der Waals surface area contributed by atoms with Crippen LogP contribution in [0, 0.1) is 5.82 Å². The number of nitrogens with two attached hydrogens (primary N) is 1. The van der Waals surface area contributed by atoms with Gasteiger partial charge in [0.25, 0.3) is 0 Å². The minimum Gasteiger partial charge on any atom is -0.328 e. The van der Waals surface area contributed by atoms with Gasteiger partial charge in [0.05, 0.1) is 0 Å². The summed E-state index contributed by atoms with van der Waals surface area (Å²) in [4.78, 5) is 0. The fraction of sp³-hybridized carbons (Fsp3) is 0.400. The van der Waals surface area contributed by atoms with E-state index in [9.17, 15) is 4.39 Å². The summed E-state index contributed by atoms with van der Waals surface area (Å²) in [7, 11) is 0. The fourth-order valence-corrected chi connectivity index (χ4v) is 1.39. The molecule has 72 valence electrons. The van der Waals surface area contributed by atoms with Crippen LogP contribution in [-0.4, -0.2) is 6.04 Å². The molecule has 13 heavy (non-hydrogen) atoms. The van der Waals surface area contributed by atoms with Crippen LogP contribution in [0.1, 0.15) is 18.9 Å². The Labute approximate surface area is 82.7 Å².